The second-order valence-corrected chi connectivity index (χ2v) is 13.3. The summed E-state index contributed by atoms with van der Waals surface area (Å²) >= 11 is 0. The summed E-state index contributed by atoms with van der Waals surface area (Å²) in [5.74, 6) is -2.76. The van der Waals surface area contributed by atoms with Gasteiger partial charge in [0.2, 0.25) is 6.29 Å². The molecule has 19 heteroatoms. The zero-order valence-electron chi connectivity index (χ0n) is 30.7. The SMILES string of the molecule is COc1cc(-c2cc(=O)c3c(O)cc(O[C@@H]4O[C@H](CO)[C@@H](O)[C@H](O)[C@H]4O[C@@H]4O[C@H](COC(C)=O)[C@@H](O)[C@H](O)[C@H]4OC(=O)/C=C/c4ccc(O)cc4)cc3o2)ccc1O. The van der Waals surface area contributed by atoms with Gasteiger partial charge in [-0.1, -0.05) is 12.1 Å². The Morgan fingerprint density at radius 1 is 0.810 bits per heavy atom. The number of aromatic hydroxyl groups is 3. The number of esters is 2. The number of methoxy groups -OCH3 is 1. The first-order valence-electron chi connectivity index (χ1n) is 17.6. The van der Waals surface area contributed by atoms with Gasteiger partial charge in [-0.05, 0) is 42.0 Å². The van der Waals surface area contributed by atoms with Crippen molar-refractivity contribution in [2.45, 2.75) is 68.3 Å². The lowest BCUT2D eigenvalue weighted by Crippen LogP contribution is -2.65. The van der Waals surface area contributed by atoms with E-state index in [0.717, 1.165) is 25.1 Å². The molecule has 1 aromatic heterocycles. The van der Waals surface area contributed by atoms with Gasteiger partial charge in [0.15, 0.2) is 35.4 Å². The van der Waals surface area contributed by atoms with Crippen LogP contribution in [0.25, 0.3) is 28.4 Å². The molecule has 4 aromatic rings. The Labute approximate surface area is 328 Å². The predicted octanol–water partition coefficient (Wildman–Crippen LogP) is 0.423. The molecule has 310 valence electrons. The van der Waals surface area contributed by atoms with E-state index in [0.29, 0.717) is 11.1 Å². The number of rotatable bonds is 12. The first-order valence-corrected chi connectivity index (χ1v) is 17.6. The average molecular weight is 813 g/mol. The zero-order chi connectivity index (χ0) is 41.8. The summed E-state index contributed by atoms with van der Waals surface area (Å²) in [6.07, 6.45) is -15.6. The summed E-state index contributed by atoms with van der Waals surface area (Å²) < 4.78 is 45.0. The summed E-state index contributed by atoms with van der Waals surface area (Å²) in [5.41, 5.74) is -0.0386. The van der Waals surface area contributed by atoms with E-state index in [1.807, 2.05) is 0 Å². The Hall–Kier alpha value is -5.77. The maximum Gasteiger partial charge on any atom is 0.331 e. The Kier molecular flexibility index (Phi) is 12.8. The molecule has 2 saturated heterocycles. The molecule has 10 atom stereocenters. The van der Waals surface area contributed by atoms with Crippen molar-refractivity contribution < 1.29 is 88.0 Å². The lowest BCUT2D eigenvalue weighted by Gasteiger charge is -2.46. The van der Waals surface area contributed by atoms with E-state index in [2.05, 4.69) is 0 Å². The monoisotopic (exact) mass is 812 g/mol. The zero-order valence-corrected chi connectivity index (χ0v) is 30.7. The summed E-state index contributed by atoms with van der Waals surface area (Å²) in [6.45, 7) is -0.346. The van der Waals surface area contributed by atoms with Gasteiger partial charge in [-0.3, -0.25) is 9.59 Å². The van der Waals surface area contributed by atoms with Crippen molar-refractivity contribution in [2.75, 3.05) is 20.3 Å². The molecule has 3 heterocycles. The summed E-state index contributed by atoms with van der Waals surface area (Å²) in [7, 11) is 1.33. The van der Waals surface area contributed by atoms with Gasteiger partial charge in [0.1, 0.15) is 77.2 Å². The number of phenols is 3. The topological polar surface area (TPSA) is 291 Å². The van der Waals surface area contributed by atoms with Gasteiger partial charge < -0.3 is 78.4 Å². The Morgan fingerprint density at radius 2 is 1.50 bits per heavy atom. The molecule has 58 heavy (non-hydrogen) atoms. The van der Waals surface area contributed by atoms with E-state index >= 15 is 0 Å². The van der Waals surface area contributed by atoms with Crippen molar-refractivity contribution in [2.24, 2.45) is 0 Å². The van der Waals surface area contributed by atoms with Crippen LogP contribution in [0, 0.1) is 0 Å². The average Bonchev–Trinajstić information content (AvgIpc) is 3.19. The number of phenolic OH excluding ortho intramolecular Hbond substituents is 3. The second-order valence-electron chi connectivity index (χ2n) is 13.3. The smallest absolute Gasteiger partial charge is 0.331 e. The highest BCUT2D eigenvalue weighted by molar-refractivity contribution is 5.87. The number of benzene rings is 3. The van der Waals surface area contributed by atoms with E-state index in [1.165, 1.54) is 61.7 Å². The fraction of sp³-hybridized carbons (Fsp3) is 0.359. The van der Waals surface area contributed by atoms with Crippen LogP contribution in [0.4, 0.5) is 0 Å². The van der Waals surface area contributed by atoms with Crippen LogP contribution in [0.1, 0.15) is 12.5 Å². The highest BCUT2D eigenvalue weighted by Gasteiger charge is 2.53. The van der Waals surface area contributed by atoms with Crippen LogP contribution in [-0.4, -0.2) is 135 Å². The van der Waals surface area contributed by atoms with E-state index in [-0.39, 0.29) is 39.7 Å². The second kappa shape index (κ2) is 17.8. The summed E-state index contributed by atoms with van der Waals surface area (Å²) in [4.78, 5) is 37.7. The minimum atomic E-state index is -1.95. The highest BCUT2D eigenvalue weighted by Crippen LogP contribution is 2.37. The summed E-state index contributed by atoms with van der Waals surface area (Å²) in [5, 5.41) is 84.4. The molecule has 0 unspecified atom stereocenters. The van der Waals surface area contributed by atoms with E-state index in [4.69, 9.17) is 37.6 Å². The number of aliphatic hydroxyl groups excluding tert-OH is 5. The van der Waals surface area contributed by atoms with Crippen molar-refractivity contribution in [1.82, 2.24) is 0 Å². The van der Waals surface area contributed by atoms with Crippen LogP contribution < -0.4 is 14.9 Å². The number of fused-ring (bicyclic) bond motifs is 1. The predicted molar refractivity (Wildman–Crippen MR) is 195 cm³/mol. The first kappa shape index (κ1) is 41.9. The van der Waals surface area contributed by atoms with Crippen LogP contribution in [0.15, 0.2) is 76.0 Å². The van der Waals surface area contributed by atoms with Gasteiger partial charge in [0.25, 0.3) is 0 Å². The Morgan fingerprint density at radius 3 is 2.19 bits per heavy atom. The Balaban J connectivity index is 1.32. The normalized spacial score (nSPS) is 27.3. The molecule has 8 N–H and O–H groups in total. The van der Waals surface area contributed by atoms with Crippen molar-refractivity contribution in [1.29, 1.82) is 0 Å². The van der Waals surface area contributed by atoms with Gasteiger partial charge in [-0.25, -0.2) is 4.79 Å². The quantitative estimate of drug-likeness (QED) is 0.0710. The Bertz CT molecular complexity index is 2180. The third-order valence-corrected chi connectivity index (χ3v) is 9.27. The van der Waals surface area contributed by atoms with Crippen molar-refractivity contribution >= 4 is 29.0 Å². The summed E-state index contributed by atoms with van der Waals surface area (Å²) in [6, 6.07) is 13.3. The molecule has 0 bridgehead atoms. The largest absolute Gasteiger partial charge is 0.508 e. The van der Waals surface area contributed by atoms with E-state index in [1.54, 1.807) is 0 Å². The maximum atomic E-state index is 13.1. The number of ether oxygens (including phenoxy) is 7. The van der Waals surface area contributed by atoms with Crippen molar-refractivity contribution in [3.05, 3.63) is 82.5 Å². The third-order valence-electron chi connectivity index (χ3n) is 9.27. The molecule has 19 nitrogen and oxygen atoms in total. The van der Waals surface area contributed by atoms with Gasteiger partial charge in [0.05, 0.1) is 13.7 Å². The number of aliphatic hydroxyl groups is 5. The van der Waals surface area contributed by atoms with Gasteiger partial charge in [0, 0.05) is 36.8 Å². The molecule has 0 aliphatic carbocycles. The first-order chi connectivity index (χ1) is 27.7. The maximum absolute atomic E-state index is 13.1. The fourth-order valence-electron chi connectivity index (χ4n) is 6.27. The molecule has 6 rings (SSSR count). The fourth-order valence-corrected chi connectivity index (χ4v) is 6.27. The minimum absolute atomic E-state index is 0.0124. The van der Waals surface area contributed by atoms with Crippen molar-refractivity contribution in [3.63, 3.8) is 0 Å². The van der Waals surface area contributed by atoms with Crippen LogP contribution in [0.5, 0.6) is 28.7 Å². The molecule has 2 fully saturated rings. The van der Waals surface area contributed by atoms with Gasteiger partial charge in [-0.15, -0.1) is 0 Å². The third kappa shape index (κ3) is 9.17. The van der Waals surface area contributed by atoms with Crippen molar-refractivity contribution in [3.8, 4) is 40.1 Å². The molecule has 0 spiro atoms. The molecule has 0 amide bonds. The van der Waals surface area contributed by atoms with Crippen LogP contribution in [0.2, 0.25) is 0 Å². The minimum Gasteiger partial charge on any atom is -0.508 e. The molecule has 2 aliphatic heterocycles. The van der Waals surface area contributed by atoms with E-state index in [9.17, 15) is 55.2 Å². The lowest BCUT2D eigenvalue weighted by molar-refractivity contribution is -0.358. The van der Waals surface area contributed by atoms with Gasteiger partial charge >= 0.3 is 11.9 Å². The lowest BCUT2D eigenvalue weighted by atomic mass is 9.97. The van der Waals surface area contributed by atoms with Crippen LogP contribution in [-0.2, 0) is 33.3 Å². The number of hydrogen-bond donors (Lipinski definition) is 8. The van der Waals surface area contributed by atoms with E-state index < -0.39 is 97.7 Å². The molecule has 3 aromatic carbocycles. The molecule has 2 aliphatic rings. The van der Waals surface area contributed by atoms with Crippen LogP contribution >= 0.6 is 0 Å². The standard InChI is InChI=1S/C39H40O19/c1-17(41)52-16-29-33(48)35(50)36(57-30(46)10-5-18-3-7-20(42)8-4-18)39(56-29)58-37-34(49)32(47)28(15-40)55-38(37)53-21-12-23(44)31-24(45)14-25(54-27(31)13-21)19-6-9-22(43)26(11-19)51-2/h3-14,28-29,32-40,42-44,47-50H,15-16H2,1-2H3/b10-5+/t28-,29-,32-,33-,34+,35+,36-,37-,38-,39+/m1/s1. The molecule has 0 saturated carbocycles. The van der Waals surface area contributed by atoms with Crippen LogP contribution in [0.3, 0.4) is 0 Å². The molecule has 0 radical (unpaired) electrons. The molecular formula is C39H40O19. The number of hydrogen-bond acceptors (Lipinski definition) is 19. The number of carbonyl (C=O) groups excluding carboxylic acids is 2. The van der Waals surface area contributed by atoms with Gasteiger partial charge in [-0.2, -0.15) is 0 Å². The molecular weight excluding hydrogens is 772 g/mol. The number of carbonyl (C=O) groups is 2. The highest BCUT2D eigenvalue weighted by atomic mass is 16.8.